The fraction of sp³-hybridized carbons (Fsp3) is 0.143. The summed E-state index contributed by atoms with van der Waals surface area (Å²) in [6.07, 6.45) is 0. The number of nitrogens with zero attached hydrogens (tertiary/aromatic N) is 2. The monoisotopic (exact) mass is 422 g/mol. The zero-order valence-electron chi connectivity index (χ0n) is 16.2. The molecule has 0 saturated heterocycles. The van der Waals surface area contributed by atoms with Crippen molar-refractivity contribution in [1.82, 2.24) is 4.98 Å². The molecule has 1 heterocycles. The number of nitrogens with one attached hydrogen (secondary N) is 1. The largest absolute Gasteiger partial charge is 0.493 e. The number of ether oxygens (including phenoxy) is 2. The average Bonchev–Trinajstić information content (AvgIpc) is 3.23. The number of amides is 2. The first-order chi connectivity index (χ1) is 14.5. The summed E-state index contributed by atoms with van der Waals surface area (Å²) in [5.74, 6) is -0.270. The van der Waals surface area contributed by atoms with Crippen LogP contribution in [0.5, 0.6) is 11.5 Å². The predicted octanol–water partition coefficient (Wildman–Crippen LogP) is 3.81. The van der Waals surface area contributed by atoms with E-state index in [1.54, 1.807) is 43.9 Å². The number of Topliss-reactive ketones (excluding diaryl/α,β-unsaturated/α-hetero) is 1. The minimum atomic E-state index is -1.04. The molecule has 0 spiro atoms. The first-order valence-electron chi connectivity index (χ1n) is 8.75. The van der Waals surface area contributed by atoms with Gasteiger partial charge in [-0.3, -0.25) is 4.79 Å². The second-order valence-corrected chi connectivity index (χ2v) is 7.02. The molecule has 30 heavy (non-hydrogen) atoms. The number of carbonyl (C=O) groups excluding carboxylic acids is 2. The summed E-state index contributed by atoms with van der Waals surface area (Å²) in [6.45, 7) is 0. The predicted molar refractivity (Wildman–Crippen MR) is 113 cm³/mol. The Morgan fingerprint density at radius 2 is 1.83 bits per heavy atom. The number of hydrogen-bond acceptors (Lipinski definition) is 7. The molecule has 0 fully saturated rings. The van der Waals surface area contributed by atoms with Crippen molar-refractivity contribution in [2.45, 2.75) is 5.92 Å². The van der Waals surface area contributed by atoms with E-state index in [4.69, 9.17) is 15.2 Å². The summed E-state index contributed by atoms with van der Waals surface area (Å²) >= 11 is 1.24. The molecule has 0 aliphatic carbocycles. The number of thiazole rings is 1. The van der Waals surface area contributed by atoms with E-state index in [2.05, 4.69) is 10.3 Å². The van der Waals surface area contributed by atoms with Crippen molar-refractivity contribution in [2.24, 2.45) is 5.73 Å². The van der Waals surface area contributed by atoms with Gasteiger partial charge in [-0.15, -0.1) is 11.3 Å². The molecule has 0 radical (unpaired) electrons. The van der Waals surface area contributed by atoms with Crippen LogP contribution in [0, 0.1) is 11.3 Å². The lowest BCUT2D eigenvalue weighted by Gasteiger charge is -2.08. The van der Waals surface area contributed by atoms with Crippen LogP contribution in [0.4, 0.5) is 10.5 Å². The van der Waals surface area contributed by atoms with Gasteiger partial charge in [0, 0.05) is 22.2 Å². The smallest absolute Gasteiger partial charge is 0.316 e. The summed E-state index contributed by atoms with van der Waals surface area (Å²) in [6, 6.07) is 12.9. The highest BCUT2D eigenvalue weighted by Crippen LogP contribution is 2.34. The van der Waals surface area contributed by atoms with Crippen molar-refractivity contribution < 1.29 is 19.1 Å². The number of hydrogen-bond donors (Lipinski definition) is 2. The molecule has 8 nitrogen and oxygen atoms in total. The molecular weight excluding hydrogens is 404 g/mol. The first-order valence-corrected chi connectivity index (χ1v) is 9.63. The molecular formula is C21H18N4O4S. The van der Waals surface area contributed by atoms with E-state index in [0.717, 1.165) is 5.56 Å². The second-order valence-electron chi connectivity index (χ2n) is 6.13. The maximum atomic E-state index is 12.8. The highest BCUT2D eigenvalue weighted by molar-refractivity contribution is 7.10. The maximum Gasteiger partial charge on any atom is 0.316 e. The zero-order valence-corrected chi connectivity index (χ0v) is 17.0. The van der Waals surface area contributed by atoms with Gasteiger partial charge in [0.1, 0.15) is 5.01 Å². The van der Waals surface area contributed by atoms with Crippen molar-refractivity contribution in [1.29, 1.82) is 5.26 Å². The lowest BCUT2D eigenvalue weighted by atomic mass is 9.99. The standard InChI is InChI=1S/C21H18N4O4S/c1-28-17-8-5-13(9-18(17)29-2)16-11-30-20(25-16)15(10-22)19(26)12-3-6-14(7-4-12)24-21(23)27/h3-9,11,15H,1-2H3,(H3,23,24,27). The molecule has 3 aromatic rings. The van der Waals surface area contributed by atoms with Gasteiger partial charge in [-0.2, -0.15) is 5.26 Å². The van der Waals surface area contributed by atoms with Gasteiger partial charge in [-0.25, -0.2) is 9.78 Å². The molecule has 0 bridgehead atoms. The molecule has 3 rings (SSSR count). The van der Waals surface area contributed by atoms with Gasteiger partial charge in [-0.05, 0) is 42.5 Å². The number of carbonyl (C=O) groups is 2. The van der Waals surface area contributed by atoms with Crippen molar-refractivity contribution in [3.8, 4) is 28.8 Å². The summed E-state index contributed by atoms with van der Waals surface area (Å²) < 4.78 is 10.6. The van der Waals surface area contributed by atoms with Crippen molar-refractivity contribution >= 4 is 28.8 Å². The van der Waals surface area contributed by atoms with Gasteiger partial charge in [-0.1, -0.05) is 0 Å². The Labute approximate surface area is 176 Å². The number of urea groups is 1. The normalized spacial score (nSPS) is 11.2. The summed E-state index contributed by atoms with van der Waals surface area (Å²) in [7, 11) is 3.10. The number of benzene rings is 2. The van der Waals surface area contributed by atoms with Gasteiger partial charge in [0.25, 0.3) is 0 Å². The summed E-state index contributed by atoms with van der Waals surface area (Å²) in [5.41, 5.74) is 7.27. The number of nitrogens with two attached hydrogens (primary N) is 1. The highest BCUT2D eigenvalue weighted by atomic mass is 32.1. The lowest BCUT2D eigenvalue weighted by molar-refractivity contribution is 0.0979. The molecule has 2 aromatic carbocycles. The van der Waals surface area contributed by atoms with Crippen molar-refractivity contribution in [2.75, 3.05) is 19.5 Å². The molecule has 0 aliphatic heterocycles. The molecule has 1 aromatic heterocycles. The number of primary amides is 1. The number of ketones is 1. The maximum absolute atomic E-state index is 12.8. The van der Waals surface area contributed by atoms with Gasteiger partial charge in [0.2, 0.25) is 0 Å². The van der Waals surface area contributed by atoms with Crippen LogP contribution in [-0.2, 0) is 0 Å². The lowest BCUT2D eigenvalue weighted by Crippen LogP contribution is -2.19. The van der Waals surface area contributed by atoms with E-state index in [1.807, 2.05) is 12.1 Å². The van der Waals surface area contributed by atoms with E-state index >= 15 is 0 Å². The van der Waals surface area contributed by atoms with Crippen molar-refractivity contribution in [3.63, 3.8) is 0 Å². The molecule has 3 N–H and O–H groups in total. The van der Waals surface area contributed by atoms with E-state index in [9.17, 15) is 14.9 Å². The van der Waals surface area contributed by atoms with Crippen LogP contribution in [0.25, 0.3) is 11.3 Å². The van der Waals surface area contributed by atoms with Gasteiger partial charge in [0.15, 0.2) is 23.2 Å². The number of nitriles is 1. The van der Waals surface area contributed by atoms with Crippen LogP contribution in [0.15, 0.2) is 47.8 Å². The summed E-state index contributed by atoms with van der Waals surface area (Å²) in [5, 5.41) is 14.2. The topological polar surface area (TPSA) is 127 Å². The Kier molecular flexibility index (Phi) is 6.29. The quantitative estimate of drug-likeness (QED) is 0.557. The third-order valence-electron chi connectivity index (χ3n) is 4.28. The van der Waals surface area contributed by atoms with E-state index < -0.39 is 11.9 Å². The highest BCUT2D eigenvalue weighted by Gasteiger charge is 2.25. The minimum absolute atomic E-state index is 0.333. The molecule has 2 amide bonds. The third kappa shape index (κ3) is 4.39. The fourth-order valence-corrected chi connectivity index (χ4v) is 3.67. The number of aromatic nitrogens is 1. The average molecular weight is 422 g/mol. The van der Waals surface area contributed by atoms with Crippen LogP contribution in [0.2, 0.25) is 0 Å². The first kappa shape index (κ1) is 20.8. The molecule has 1 atom stereocenters. The SMILES string of the molecule is COc1ccc(-c2csc(C(C#N)C(=O)c3ccc(NC(N)=O)cc3)n2)cc1OC. The van der Waals surface area contributed by atoms with Crippen LogP contribution >= 0.6 is 11.3 Å². The Bertz CT molecular complexity index is 1120. The van der Waals surface area contributed by atoms with E-state index in [0.29, 0.717) is 33.5 Å². The second kappa shape index (κ2) is 9.07. The number of anilines is 1. The van der Waals surface area contributed by atoms with Crippen LogP contribution < -0.4 is 20.5 Å². The van der Waals surface area contributed by atoms with E-state index in [-0.39, 0.29) is 5.78 Å². The van der Waals surface area contributed by atoms with Crippen LogP contribution in [0.3, 0.4) is 0 Å². The van der Waals surface area contributed by atoms with Crippen molar-refractivity contribution in [3.05, 3.63) is 58.4 Å². The number of methoxy groups -OCH3 is 2. The summed E-state index contributed by atoms with van der Waals surface area (Å²) in [4.78, 5) is 28.2. The Hall–Kier alpha value is -3.90. The third-order valence-corrected chi connectivity index (χ3v) is 5.19. The van der Waals surface area contributed by atoms with Crippen LogP contribution in [-0.4, -0.2) is 31.0 Å². The molecule has 152 valence electrons. The van der Waals surface area contributed by atoms with Crippen LogP contribution in [0.1, 0.15) is 21.3 Å². The van der Waals surface area contributed by atoms with Gasteiger partial charge in [0.05, 0.1) is 26.0 Å². The molecule has 0 aliphatic rings. The number of rotatable bonds is 7. The van der Waals surface area contributed by atoms with Gasteiger partial charge < -0.3 is 20.5 Å². The fourth-order valence-electron chi connectivity index (χ4n) is 2.80. The molecule has 1 unspecified atom stereocenters. The Balaban J connectivity index is 1.85. The van der Waals surface area contributed by atoms with E-state index in [1.165, 1.54) is 23.5 Å². The zero-order chi connectivity index (χ0) is 21.7. The Morgan fingerprint density at radius 3 is 2.43 bits per heavy atom. The minimum Gasteiger partial charge on any atom is -0.493 e. The molecule has 0 saturated carbocycles. The van der Waals surface area contributed by atoms with Gasteiger partial charge >= 0.3 is 6.03 Å². The Morgan fingerprint density at radius 1 is 1.13 bits per heavy atom. The molecule has 9 heteroatoms.